The first-order valence-electron chi connectivity index (χ1n) is 8.51. The molecule has 0 aromatic rings. The SMILES string of the molecule is CC(C)(CO)COC(=O)CC1(C(=O)OCC(C)(C)CO)C(=O)CCC1=O. The molecule has 0 aliphatic heterocycles. The minimum atomic E-state index is -2.17. The number of aliphatic hydroxyl groups excluding tert-OH is 2. The van der Waals surface area contributed by atoms with Crippen molar-refractivity contribution >= 4 is 23.5 Å². The van der Waals surface area contributed by atoms with Crippen LogP contribution in [0, 0.1) is 16.2 Å². The highest BCUT2D eigenvalue weighted by molar-refractivity contribution is 6.27. The first kappa shape index (κ1) is 22.2. The molecule has 0 heterocycles. The average molecular weight is 372 g/mol. The molecule has 1 aliphatic rings. The van der Waals surface area contributed by atoms with E-state index in [1.807, 2.05) is 0 Å². The molecule has 0 atom stereocenters. The van der Waals surface area contributed by atoms with Crippen molar-refractivity contribution in [1.82, 2.24) is 0 Å². The van der Waals surface area contributed by atoms with Crippen LogP contribution in [0.4, 0.5) is 0 Å². The van der Waals surface area contributed by atoms with E-state index in [0.717, 1.165) is 0 Å². The fourth-order valence-electron chi connectivity index (χ4n) is 2.33. The summed E-state index contributed by atoms with van der Waals surface area (Å²) in [5, 5.41) is 18.4. The van der Waals surface area contributed by atoms with Crippen LogP contribution in [0.1, 0.15) is 47.0 Å². The highest BCUT2D eigenvalue weighted by Crippen LogP contribution is 2.37. The van der Waals surface area contributed by atoms with Crippen LogP contribution in [0.25, 0.3) is 0 Å². The lowest BCUT2D eigenvalue weighted by atomic mass is 9.80. The number of hydrogen-bond acceptors (Lipinski definition) is 8. The smallest absolute Gasteiger partial charge is 0.327 e. The molecule has 0 spiro atoms. The Balaban J connectivity index is 2.92. The van der Waals surface area contributed by atoms with Gasteiger partial charge in [-0.05, 0) is 0 Å². The van der Waals surface area contributed by atoms with Crippen molar-refractivity contribution < 1.29 is 38.9 Å². The molecule has 1 aliphatic carbocycles. The summed E-state index contributed by atoms with van der Waals surface area (Å²) in [6.45, 7) is 5.85. The molecule has 148 valence electrons. The molecule has 0 radical (unpaired) electrons. The monoisotopic (exact) mass is 372 g/mol. The maximum absolute atomic E-state index is 12.6. The third kappa shape index (κ3) is 5.11. The van der Waals surface area contributed by atoms with Gasteiger partial charge in [-0.15, -0.1) is 0 Å². The highest BCUT2D eigenvalue weighted by Gasteiger charge is 2.58. The van der Waals surface area contributed by atoms with Crippen molar-refractivity contribution in [2.75, 3.05) is 26.4 Å². The topological polar surface area (TPSA) is 127 Å². The average Bonchev–Trinajstić information content (AvgIpc) is 2.87. The Labute approximate surface area is 152 Å². The van der Waals surface area contributed by atoms with Crippen LogP contribution >= 0.6 is 0 Å². The summed E-state index contributed by atoms with van der Waals surface area (Å²) in [5.74, 6) is -3.28. The Kier molecular flexibility index (Phi) is 7.07. The molecule has 0 bridgehead atoms. The van der Waals surface area contributed by atoms with E-state index in [1.54, 1.807) is 27.7 Å². The lowest BCUT2D eigenvalue weighted by Gasteiger charge is -2.27. The van der Waals surface area contributed by atoms with Gasteiger partial charge in [-0.1, -0.05) is 27.7 Å². The predicted molar refractivity (Wildman–Crippen MR) is 89.9 cm³/mol. The molecule has 0 unspecified atom stereocenters. The number of hydrogen-bond donors (Lipinski definition) is 2. The minimum absolute atomic E-state index is 0.118. The molecular weight excluding hydrogens is 344 g/mol. The Morgan fingerprint density at radius 1 is 0.923 bits per heavy atom. The molecule has 2 N–H and O–H groups in total. The predicted octanol–water partition coefficient (Wildman–Crippen LogP) is 0.418. The normalized spacial score (nSPS) is 17.3. The molecule has 26 heavy (non-hydrogen) atoms. The van der Waals surface area contributed by atoms with Gasteiger partial charge in [-0.3, -0.25) is 19.2 Å². The summed E-state index contributed by atoms with van der Waals surface area (Å²) in [5.41, 5.74) is -3.60. The van der Waals surface area contributed by atoms with E-state index in [2.05, 4.69) is 0 Å². The van der Waals surface area contributed by atoms with Gasteiger partial charge < -0.3 is 19.7 Å². The third-order valence-corrected chi connectivity index (χ3v) is 4.36. The Hall–Kier alpha value is -1.80. The first-order chi connectivity index (χ1) is 11.9. The van der Waals surface area contributed by atoms with Crippen molar-refractivity contribution in [2.24, 2.45) is 16.2 Å². The fraction of sp³-hybridized carbons (Fsp3) is 0.778. The third-order valence-electron chi connectivity index (χ3n) is 4.36. The zero-order chi connectivity index (χ0) is 20.2. The van der Waals surface area contributed by atoms with Crippen molar-refractivity contribution in [3.05, 3.63) is 0 Å². The van der Waals surface area contributed by atoms with Gasteiger partial charge in [0.15, 0.2) is 17.0 Å². The Bertz CT molecular complexity index is 560. The van der Waals surface area contributed by atoms with Gasteiger partial charge in [0.05, 0.1) is 32.8 Å². The summed E-state index contributed by atoms with van der Waals surface area (Å²) in [4.78, 5) is 49.3. The molecule has 1 saturated carbocycles. The first-order valence-corrected chi connectivity index (χ1v) is 8.51. The fourth-order valence-corrected chi connectivity index (χ4v) is 2.33. The van der Waals surface area contributed by atoms with E-state index >= 15 is 0 Å². The lowest BCUT2D eigenvalue weighted by Crippen LogP contribution is -2.46. The van der Waals surface area contributed by atoms with Gasteiger partial charge >= 0.3 is 11.9 Å². The zero-order valence-electron chi connectivity index (χ0n) is 15.8. The molecule has 0 aromatic carbocycles. The van der Waals surface area contributed by atoms with Crippen LogP contribution in [-0.2, 0) is 28.7 Å². The Morgan fingerprint density at radius 2 is 1.35 bits per heavy atom. The van der Waals surface area contributed by atoms with Crippen molar-refractivity contribution in [1.29, 1.82) is 0 Å². The van der Waals surface area contributed by atoms with Crippen molar-refractivity contribution in [3.63, 3.8) is 0 Å². The largest absolute Gasteiger partial charge is 0.465 e. The number of carbonyl (C=O) groups excluding carboxylic acids is 4. The summed E-state index contributed by atoms with van der Waals surface area (Å²) in [7, 11) is 0. The van der Waals surface area contributed by atoms with E-state index in [1.165, 1.54) is 0 Å². The van der Waals surface area contributed by atoms with E-state index in [-0.39, 0.29) is 39.3 Å². The maximum Gasteiger partial charge on any atom is 0.327 e. The Morgan fingerprint density at radius 3 is 1.77 bits per heavy atom. The van der Waals surface area contributed by atoms with Crippen LogP contribution in [0.15, 0.2) is 0 Å². The second-order valence-electron chi connectivity index (χ2n) is 8.31. The van der Waals surface area contributed by atoms with E-state index in [0.29, 0.717) is 0 Å². The van der Waals surface area contributed by atoms with Crippen LogP contribution in [0.5, 0.6) is 0 Å². The minimum Gasteiger partial charge on any atom is -0.465 e. The summed E-state index contributed by atoms with van der Waals surface area (Å²) in [6, 6.07) is 0. The van der Waals surface area contributed by atoms with E-state index in [9.17, 15) is 29.4 Å². The van der Waals surface area contributed by atoms with E-state index in [4.69, 9.17) is 9.47 Å². The number of rotatable bonds is 9. The van der Waals surface area contributed by atoms with Crippen LogP contribution in [0.3, 0.4) is 0 Å². The van der Waals surface area contributed by atoms with Gasteiger partial charge in [0, 0.05) is 23.7 Å². The number of esters is 2. The van der Waals surface area contributed by atoms with Crippen LogP contribution in [-0.4, -0.2) is 60.1 Å². The van der Waals surface area contributed by atoms with Crippen LogP contribution < -0.4 is 0 Å². The highest BCUT2D eigenvalue weighted by atomic mass is 16.5. The molecule has 8 heteroatoms. The van der Waals surface area contributed by atoms with Gasteiger partial charge in [-0.2, -0.15) is 0 Å². The molecule has 0 amide bonds. The summed E-state index contributed by atoms with van der Waals surface area (Å²) >= 11 is 0. The second kappa shape index (κ2) is 8.26. The van der Waals surface area contributed by atoms with Crippen molar-refractivity contribution in [3.8, 4) is 0 Å². The van der Waals surface area contributed by atoms with Gasteiger partial charge in [0.1, 0.15) is 0 Å². The van der Waals surface area contributed by atoms with Gasteiger partial charge in [0.25, 0.3) is 0 Å². The number of Topliss-reactive ketones (excluding diaryl/α,β-unsaturated/α-hetero) is 2. The lowest BCUT2D eigenvalue weighted by molar-refractivity contribution is -0.171. The molecule has 0 aromatic heterocycles. The maximum atomic E-state index is 12.6. The van der Waals surface area contributed by atoms with Crippen molar-refractivity contribution in [2.45, 2.75) is 47.0 Å². The standard InChI is InChI=1S/C18H28O8/c1-16(2,8-19)10-25-14(23)7-18(12(21)5-6-13(18)22)15(24)26-11-17(3,4)9-20/h19-20H,5-11H2,1-4H3. The second-order valence-corrected chi connectivity index (χ2v) is 8.31. The number of ketones is 2. The zero-order valence-corrected chi connectivity index (χ0v) is 15.8. The molecule has 8 nitrogen and oxygen atoms in total. The molecule has 1 rings (SSSR count). The summed E-state index contributed by atoms with van der Waals surface area (Å²) in [6.07, 6.45) is -0.982. The summed E-state index contributed by atoms with van der Waals surface area (Å²) < 4.78 is 10.2. The number of carbonyl (C=O) groups is 4. The van der Waals surface area contributed by atoms with Gasteiger partial charge in [0.2, 0.25) is 0 Å². The number of ether oxygens (including phenoxy) is 2. The van der Waals surface area contributed by atoms with Gasteiger partial charge in [-0.25, -0.2) is 0 Å². The molecular formula is C18H28O8. The molecule has 0 saturated heterocycles. The number of aliphatic hydroxyl groups is 2. The van der Waals surface area contributed by atoms with E-state index < -0.39 is 46.2 Å². The molecule has 1 fully saturated rings. The van der Waals surface area contributed by atoms with Crippen LogP contribution in [0.2, 0.25) is 0 Å². The quantitative estimate of drug-likeness (QED) is 0.440.